The molecule has 1 aromatic heterocycles. The van der Waals surface area contributed by atoms with Gasteiger partial charge in [0.1, 0.15) is 17.9 Å². The highest BCUT2D eigenvalue weighted by Crippen LogP contribution is 2.20. The number of amides is 2. The Hall–Kier alpha value is -4.36. The van der Waals surface area contributed by atoms with Gasteiger partial charge >= 0.3 is 23.9 Å². The zero-order valence-electron chi connectivity index (χ0n) is 26.9. The molecule has 48 heavy (non-hydrogen) atoms. The van der Waals surface area contributed by atoms with Crippen LogP contribution >= 0.6 is 0 Å². The van der Waals surface area contributed by atoms with Crippen molar-refractivity contribution >= 4 is 29.6 Å². The quantitative estimate of drug-likeness (QED) is 0.0488. The smallest absolute Gasteiger partial charge is 0.326 e. The van der Waals surface area contributed by atoms with E-state index in [1.54, 1.807) is 23.0 Å². The molecule has 2 atom stereocenters. The Morgan fingerprint density at radius 3 is 1.96 bits per heavy atom. The first kappa shape index (κ1) is 39.8. The standard InChI is InChI=1S/C30H47N7O11/c31-11-13-45-15-17-47-19-20-48-18-16-46-14-12-37-21-25(35-36-37)22-5-7-23(8-6-22)32-26(3-1-2-4-27(38)39)34-30(44)33-24(29(42)43)9-10-28(40)41/h5-8,21,24,26,32H,1-4,9-20,31H2,(H,38,39)(H,40,41)(H,42,43)(H2,33,34,44)/t24-,26?/m0/s1. The Morgan fingerprint density at radius 1 is 0.771 bits per heavy atom. The molecule has 0 fully saturated rings. The number of nitrogens with zero attached hydrogens (tertiary/aromatic N) is 3. The lowest BCUT2D eigenvalue weighted by atomic mass is 10.1. The zero-order valence-corrected chi connectivity index (χ0v) is 26.9. The summed E-state index contributed by atoms with van der Waals surface area (Å²) in [5, 5.41) is 43.6. The summed E-state index contributed by atoms with van der Waals surface area (Å²) in [5.41, 5.74) is 7.41. The Balaban J connectivity index is 1.80. The van der Waals surface area contributed by atoms with E-state index >= 15 is 0 Å². The summed E-state index contributed by atoms with van der Waals surface area (Å²) < 4.78 is 23.3. The normalized spacial score (nSPS) is 12.3. The number of hydrogen-bond donors (Lipinski definition) is 7. The number of anilines is 1. The molecule has 2 rings (SSSR count). The first-order valence-corrected chi connectivity index (χ1v) is 15.7. The number of carbonyl (C=O) groups is 4. The van der Waals surface area contributed by atoms with Crippen LogP contribution in [-0.4, -0.2) is 126 Å². The van der Waals surface area contributed by atoms with E-state index in [0.717, 1.165) is 5.56 Å². The zero-order chi connectivity index (χ0) is 35.0. The van der Waals surface area contributed by atoms with E-state index in [2.05, 4.69) is 26.3 Å². The van der Waals surface area contributed by atoms with Crippen LogP contribution in [0.4, 0.5) is 10.5 Å². The molecule has 268 valence electrons. The first-order valence-electron chi connectivity index (χ1n) is 15.7. The summed E-state index contributed by atoms with van der Waals surface area (Å²) in [4.78, 5) is 45.8. The number of hydrogen-bond acceptors (Lipinski definition) is 12. The molecule has 2 aromatic rings. The largest absolute Gasteiger partial charge is 0.481 e. The number of aliphatic carboxylic acids is 3. The van der Waals surface area contributed by atoms with Gasteiger partial charge in [0.25, 0.3) is 0 Å². The SMILES string of the molecule is NCCOCCOCCOCCOCCn1cc(-c2ccc(NC(CCCCC(=O)O)NC(=O)N[C@@H](CCC(=O)O)C(=O)O)cc2)nn1. The van der Waals surface area contributed by atoms with Crippen molar-refractivity contribution in [1.82, 2.24) is 25.6 Å². The molecule has 18 nitrogen and oxygen atoms in total. The summed E-state index contributed by atoms with van der Waals surface area (Å²) in [6.45, 7) is 4.73. The molecule has 2 amide bonds. The highest BCUT2D eigenvalue weighted by atomic mass is 16.6. The van der Waals surface area contributed by atoms with Gasteiger partial charge in [-0.15, -0.1) is 5.10 Å². The number of benzene rings is 1. The van der Waals surface area contributed by atoms with Gasteiger partial charge in [-0.1, -0.05) is 17.3 Å². The maximum atomic E-state index is 12.6. The molecule has 0 aliphatic carbocycles. The molecule has 0 aliphatic heterocycles. The van der Waals surface area contributed by atoms with Gasteiger partial charge in [0, 0.05) is 30.6 Å². The fourth-order valence-electron chi connectivity index (χ4n) is 4.17. The van der Waals surface area contributed by atoms with E-state index < -0.39 is 42.6 Å². The highest BCUT2D eigenvalue weighted by molar-refractivity contribution is 5.83. The van der Waals surface area contributed by atoms with Gasteiger partial charge in [0.15, 0.2) is 0 Å². The van der Waals surface area contributed by atoms with Crippen LogP contribution in [0, 0.1) is 0 Å². The lowest BCUT2D eigenvalue weighted by Gasteiger charge is -2.23. The minimum absolute atomic E-state index is 0.0332. The second kappa shape index (κ2) is 23.9. The van der Waals surface area contributed by atoms with Crippen LogP contribution in [0.25, 0.3) is 11.3 Å². The van der Waals surface area contributed by atoms with Gasteiger partial charge in [-0.2, -0.15) is 0 Å². The number of carboxylic acids is 3. The van der Waals surface area contributed by atoms with Crippen molar-refractivity contribution in [2.24, 2.45) is 5.73 Å². The fourth-order valence-corrected chi connectivity index (χ4v) is 4.17. The number of aromatic nitrogens is 3. The molecule has 8 N–H and O–H groups in total. The van der Waals surface area contributed by atoms with Crippen molar-refractivity contribution in [2.45, 2.75) is 57.3 Å². The maximum Gasteiger partial charge on any atom is 0.326 e. The average molecular weight is 682 g/mol. The van der Waals surface area contributed by atoms with E-state index in [9.17, 15) is 24.3 Å². The summed E-state index contributed by atoms with van der Waals surface area (Å²) in [7, 11) is 0. The number of nitrogens with one attached hydrogen (secondary N) is 3. The summed E-state index contributed by atoms with van der Waals surface area (Å²) in [6, 6.07) is 4.98. The predicted octanol–water partition coefficient (Wildman–Crippen LogP) is 0.970. The molecule has 1 heterocycles. The summed E-state index contributed by atoms with van der Waals surface area (Å²) in [5.74, 6) is -3.48. The second-order valence-corrected chi connectivity index (χ2v) is 10.5. The third kappa shape index (κ3) is 18.1. The minimum Gasteiger partial charge on any atom is -0.481 e. The van der Waals surface area contributed by atoms with Crippen LogP contribution in [0.1, 0.15) is 38.5 Å². The van der Waals surface area contributed by atoms with Gasteiger partial charge in [0.2, 0.25) is 0 Å². The Morgan fingerprint density at radius 2 is 1.38 bits per heavy atom. The van der Waals surface area contributed by atoms with Crippen LogP contribution in [0.5, 0.6) is 0 Å². The lowest BCUT2D eigenvalue weighted by Crippen LogP contribution is -2.51. The van der Waals surface area contributed by atoms with Gasteiger partial charge in [-0.3, -0.25) is 9.59 Å². The Kier molecular flexibility index (Phi) is 19.8. The number of rotatable bonds is 28. The van der Waals surface area contributed by atoms with E-state index in [4.69, 9.17) is 34.9 Å². The predicted molar refractivity (Wildman–Crippen MR) is 171 cm³/mol. The van der Waals surface area contributed by atoms with Gasteiger partial charge in [-0.25, -0.2) is 14.3 Å². The van der Waals surface area contributed by atoms with Crippen molar-refractivity contribution in [3.63, 3.8) is 0 Å². The fraction of sp³-hybridized carbons (Fsp3) is 0.600. The highest BCUT2D eigenvalue weighted by Gasteiger charge is 2.22. The van der Waals surface area contributed by atoms with Crippen molar-refractivity contribution in [1.29, 1.82) is 0 Å². The van der Waals surface area contributed by atoms with E-state index in [1.165, 1.54) is 0 Å². The molecule has 0 saturated carbocycles. The molecule has 0 saturated heterocycles. The van der Waals surface area contributed by atoms with E-state index in [1.807, 2.05) is 12.1 Å². The number of urea groups is 1. The molecule has 0 radical (unpaired) electrons. The van der Waals surface area contributed by atoms with Crippen LogP contribution < -0.4 is 21.7 Å². The number of carbonyl (C=O) groups excluding carboxylic acids is 1. The van der Waals surface area contributed by atoms with Crippen molar-refractivity contribution < 1.29 is 53.4 Å². The molecular formula is C30H47N7O11. The third-order valence-electron chi connectivity index (χ3n) is 6.59. The molecule has 0 spiro atoms. The number of unbranched alkanes of at least 4 members (excludes halogenated alkanes) is 1. The van der Waals surface area contributed by atoms with Gasteiger partial charge < -0.3 is 56.0 Å². The number of nitrogens with two attached hydrogens (primary N) is 1. The Bertz CT molecular complexity index is 1230. The van der Waals surface area contributed by atoms with Crippen LogP contribution in [0.3, 0.4) is 0 Å². The van der Waals surface area contributed by atoms with Crippen molar-refractivity contribution in [3.8, 4) is 11.3 Å². The lowest BCUT2D eigenvalue weighted by molar-refractivity contribution is -0.141. The monoisotopic (exact) mass is 681 g/mol. The molecule has 1 aromatic carbocycles. The van der Waals surface area contributed by atoms with Crippen LogP contribution in [0.15, 0.2) is 30.5 Å². The van der Waals surface area contributed by atoms with Crippen molar-refractivity contribution in [2.75, 3.05) is 64.7 Å². The second-order valence-electron chi connectivity index (χ2n) is 10.5. The Labute approximate surface area is 278 Å². The number of carboxylic acid groups (broad SMARTS) is 3. The number of ether oxygens (including phenoxy) is 4. The van der Waals surface area contributed by atoms with Gasteiger partial charge in [0.05, 0.1) is 65.6 Å². The molecule has 1 unspecified atom stereocenters. The van der Waals surface area contributed by atoms with E-state index in [-0.39, 0.29) is 12.8 Å². The van der Waals surface area contributed by atoms with Crippen LogP contribution in [-0.2, 0) is 39.9 Å². The average Bonchev–Trinajstić information content (AvgIpc) is 3.52. The maximum absolute atomic E-state index is 12.6. The van der Waals surface area contributed by atoms with Crippen molar-refractivity contribution in [3.05, 3.63) is 30.5 Å². The van der Waals surface area contributed by atoms with Crippen LogP contribution in [0.2, 0.25) is 0 Å². The summed E-state index contributed by atoms with van der Waals surface area (Å²) >= 11 is 0. The molecule has 0 bridgehead atoms. The molecular weight excluding hydrogens is 634 g/mol. The first-order chi connectivity index (χ1) is 23.2. The van der Waals surface area contributed by atoms with Gasteiger partial charge in [-0.05, 0) is 37.8 Å². The molecule has 0 aliphatic rings. The minimum atomic E-state index is -1.39. The third-order valence-corrected chi connectivity index (χ3v) is 6.59. The summed E-state index contributed by atoms with van der Waals surface area (Å²) in [6.07, 6.45) is 1.55. The topological polar surface area (TPSA) is 259 Å². The van der Waals surface area contributed by atoms with E-state index in [0.29, 0.717) is 96.6 Å². The molecule has 18 heteroatoms.